The van der Waals surface area contributed by atoms with Crippen molar-refractivity contribution in [2.24, 2.45) is 0 Å². The van der Waals surface area contributed by atoms with Gasteiger partial charge < -0.3 is 29.4 Å². The third-order valence-electron chi connectivity index (χ3n) is 2.76. The smallest absolute Gasteiger partial charge is 0.529 e. The highest BCUT2D eigenvalue weighted by Crippen LogP contribution is 2.10. The van der Waals surface area contributed by atoms with Crippen molar-refractivity contribution in [1.29, 1.82) is 0 Å². The second kappa shape index (κ2) is 7.19. The SMILES string of the molecule is OB(O)c1cccc(OBOc2cccc(B(O)O)c2)c1. The molecule has 0 aromatic heterocycles. The van der Waals surface area contributed by atoms with Gasteiger partial charge in [0.15, 0.2) is 0 Å². The molecule has 4 N–H and O–H groups in total. The van der Waals surface area contributed by atoms with Crippen molar-refractivity contribution in [3.63, 3.8) is 0 Å². The van der Waals surface area contributed by atoms with E-state index >= 15 is 0 Å². The largest absolute Gasteiger partial charge is 0.576 e. The van der Waals surface area contributed by atoms with Crippen LogP contribution in [-0.2, 0) is 0 Å². The highest BCUT2D eigenvalue weighted by Gasteiger charge is 2.13. The van der Waals surface area contributed by atoms with Crippen LogP contribution in [-0.4, -0.2) is 42.0 Å². The standard InChI is InChI=1S/C12H13B3O6/c16-14(17)9-3-1-5-11(7-9)20-13-21-12-6-2-4-10(8-12)15(18)19/h1-8,13,16-19H. The highest BCUT2D eigenvalue weighted by atomic mass is 16.6. The highest BCUT2D eigenvalue weighted by molar-refractivity contribution is 6.59. The maximum atomic E-state index is 9.06. The van der Waals surface area contributed by atoms with Gasteiger partial charge in [-0.3, -0.25) is 0 Å². The Labute approximate surface area is 123 Å². The van der Waals surface area contributed by atoms with Crippen LogP contribution in [0.3, 0.4) is 0 Å². The summed E-state index contributed by atoms with van der Waals surface area (Å²) in [7, 11) is -3.22. The van der Waals surface area contributed by atoms with Crippen LogP contribution in [0, 0.1) is 0 Å². The van der Waals surface area contributed by atoms with Gasteiger partial charge in [-0.25, -0.2) is 0 Å². The van der Waals surface area contributed by atoms with Gasteiger partial charge in [0.05, 0.1) is 0 Å². The van der Waals surface area contributed by atoms with Gasteiger partial charge in [-0.05, 0) is 35.2 Å². The fourth-order valence-corrected chi connectivity index (χ4v) is 1.70. The van der Waals surface area contributed by atoms with E-state index in [4.69, 9.17) is 29.4 Å². The van der Waals surface area contributed by atoms with E-state index in [0.29, 0.717) is 22.4 Å². The molecule has 2 aromatic rings. The Morgan fingerprint density at radius 2 is 1.14 bits per heavy atom. The summed E-state index contributed by atoms with van der Waals surface area (Å²) in [6, 6.07) is 12.7. The van der Waals surface area contributed by atoms with Crippen molar-refractivity contribution in [1.82, 2.24) is 0 Å². The van der Waals surface area contributed by atoms with Crippen molar-refractivity contribution >= 4 is 32.8 Å². The molecule has 0 fully saturated rings. The van der Waals surface area contributed by atoms with Gasteiger partial charge in [0.25, 0.3) is 0 Å². The van der Waals surface area contributed by atoms with Gasteiger partial charge in [0.1, 0.15) is 11.5 Å². The second-order valence-electron chi connectivity index (χ2n) is 4.30. The van der Waals surface area contributed by atoms with Gasteiger partial charge in [-0.1, -0.05) is 24.3 Å². The van der Waals surface area contributed by atoms with Crippen LogP contribution in [0.4, 0.5) is 0 Å². The van der Waals surface area contributed by atoms with Gasteiger partial charge >= 0.3 is 21.9 Å². The average molecular weight is 286 g/mol. The molecule has 0 bridgehead atoms. The molecule has 0 aliphatic heterocycles. The lowest BCUT2D eigenvalue weighted by atomic mass is 9.80. The zero-order chi connectivity index (χ0) is 15.2. The Balaban J connectivity index is 1.92. The summed E-state index contributed by atoms with van der Waals surface area (Å²) in [6.07, 6.45) is 0. The lowest BCUT2D eigenvalue weighted by Crippen LogP contribution is -2.30. The first-order valence-electron chi connectivity index (χ1n) is 6.24. The van der Waals surface area contributed by atoms with Crippen molar-refractivity contribution in [3.8, 4) is 11.5 Å². The summed E-state index contributed by atoms with van der Waals surface area (Å²) in [5, 5.41) is 36.2. The van der Waals surface area contributed by atoms with E-state index in [1.807, 2.05) is 0 Å². The molecule has 0 saturated carbocycles. The molecule has 0 unspecified atom stereocenters. The Hall–Kier alpha value is -1.93. The maximum Gasteiger partial charge on any atom is 0.576 e. The third-order valence-corrected chi connectivity index (χ3v) is 2.76. The zero-order valence-electron chi connectivity index (χ0n) is 11.1. The second-order valence-corrected chi connectivity index (χ2v) is 4.30. The zero-order valence-corrected chi connectivity index (χ0v) is 11.1. The van der Waals surface area contributed by atoms with E-state index in [1.165, 1.54) is 12.1 Å². The molecule has 0 spiro atoms. The van der Waals surface area contributed by atoms with Crippen LogP contribution in [0.5, 0.6) is 11.5 Å². The molecule has 0 atom stereocenters. The number of rotatable bonds is 6. The molecule has 0 aliphatic carbocycles. The van der Waals surface area contributed by atoms with E-state index in [-0.39, 0.29) is 7.69 Å². The molecule has 9 heteroatoms. The minimum atomic E-state index is -1.56. The van der Waals surface area contributed by atoms with Gasteiger partial charge in [0, 0.05) is 0 Å². The van der Waals surface area contributed by atoms with Crippen LogP contribution in [0.15, 0.2) is 48.5 Å². The van der Waals surface area contributed by atoms with Crippen molar-refractivity contribution in [2.45, 2.75) is 0 Å². The molecular weight excluding hydrogens is 273 g/mol. The predicted molar refractivity (Wildman–Crippen MR) is 80.9 cm³/mol. The maximum absolute atomic E-state index is 9.06. The van der Waals surface area contributed by atoms with E-state index in [9.17, 15) is 0 Å². The minimum Gasteiger partial charge on any atom is -0.529 e. The molecule has 2 aromatic carbocycles. The number of hydrogen-bond donors (Lipinski definition) is 4. The molecule has 21 heavy (non-hydrogen) atoms. The van der Waals surface area contributed by atoms with Gasteiger partial charge in [-0.15, -0.1) is 0 Å². The predicted octanol–water partition coefficient (Wildman–Crippen LogP) is -2.23. The third kappa shape index (κ3) is 4.54. The molecule has 6 nitrogen and oxygen atoms in total. The van der Waals surface area contributed by atoms with Gasteiger partial charge in [-0.2, -0.15) is 0 Å². The average Bonchev–Trinajstić information content (AvgIpc) is 2.48. The van der Waals surface area contributed by atoms with E-state index < -0.39 is 14.2 Å². The molecule has 0 saturated heterocycles. The van der Waals surface area contributed by atoms with Crippen LogP contribution in [0.2, 0.25) is 0 Å². The van der Waals surface area contributed by atoms with Crippen LogP contribution in [0.1, 0.15) is 0 Å². The van der Waals surface area contributed by atoms with E-state index in [0.717, 1.165) is 0 Å². The number of benzene rings is 2. The topological polar surface area (TPSA) is 99.4 Å². The Morgan fingerprint density at radius 1 is 0.714 bits per heavy atom. The normalized spacial score (nSPS) is 9.90. The molecular formula is C12H13B3O6. The lowest BCUT2D eigenvalue weighted by Gasteiger charge is -2.09. The van der Waals surface area contributed by atoms with Crippen molar-refractivity contribution in [2.75, 3.05) is 0 Å². The fraction of sp³-hybridized carbons (Fsp3) is 0. The molecule has 0 radical (unpaired) electrons. The van der Waals surface area contributed by atoms with Crippen LogP contribution < -0.4 is 20.2 Å². The Bertz CT molecular complexity index is 541. The lowest BCUT2D eigenvalue weighted by molar-refractivity contribution is 0.424. The van der Waals surface area contributed by atoms with Crippen molar-refractivity contribution in [3.05, 3.63) is 48.5 Å². The molecule has 2 rings (SSSR count). The molecule has 106 valence electrons. The van der Waals surface area contributed by atoms with Gasteiger partial charge in [0.2, 0.25) is 0 Å². The molecule has 0 aliphatic rings. The summed E-state index contributed by atoms with van der Waals surface area (Å²) >= 11 is 0. The minimum absolute atomic E-state index is 0.101. The Morgan fingerprint density at radius 3 is 1.52 bits per heavy atom. The monoisotopic (exact) mass is 286 g/mol. The Kier molecular flexibility index (Phi) is 5.29. The van der Waals surface area contributed by atoms with Crippen molar-refractivity contribution < 1.29 is 29.4 Å². The number of hydrogen-bond acceptors (Lipinski definition) is 6. The first-order chi connectivity index (χ1) is 10.1. The molecule has 0 amide bonds. The quantitative estimate of drug-likeness (QED) is 0.449. The summed E-state index contributed by atoms with van der Waals surface area (Å²) in [4.78, 5) is 0. The fourth-order valence-electron chi connectivity index (χ4n) is 1.70. The first kappa shape index (κ1) is 15.5. The van der Waals surface area contributed by atoms with E-state index in [2.05, 4.69) is 0 Å². The van der Waals surface area contributed by atoms with Crippen LogP contribution >= 0.6 is 0 Å². The molecule has 0 heterocycles. The summed E-state index contributed by atoms with van der Waals surface area (Å²) in [5.74, 6) is 0.859. The summed E-state index contributed by atoms with van der Waals surface area (Å²) < 4.78 is 10.7. The summed E-state index contributed by atoms with van der Waals surface area (Å²) in [5.41, 5.74) is 0.635. The van der Waals surface area contributed by atoms with E-state index in [1.54, 1.807) is 36.4 Å². The van der Waals surface area contributed by atoms with Crippen LogP contribution in [0.25, 0.3) is 0 Å². The summed E-state index contributed by atoms with van der Waals surface area (Å²) in [6.45, 7) is 0. The first-order valence-corrected chi connectivity index (χ1v) is 6.24.